The Morgan fingerprint density at radius 2 is 2.25 bits per heavy atom. The van der Waals surface area contributed by atoms with Crippen LogP contribution in [0.4, 0.5) is 0 Å². The van der Waals surface area contributed by atoms with Gasteiger partial charge in [-0.25, -0.2) is 0 Å². The van der Waals surface area contributed by atoms with Crippen molar-refractivity contribution in [2.75, 3.05) is 26.2 Å². The van der Waals surface area contributed by atoms with Gasteiger partial charge in [-0.3, -0.25) is 4.79 Å². The number of halogens is 1. The van der Waals surface area contributed by atoms with Crippen LogP contribution in [0.2, 0.25) is 0 Å². The van der Waals surface area contributed by atoms with Crippen molar-refractivity contribution in [1.29, 1.82) is 0 Å². The Morgan fingerprint density at radius 3 is 2.88 bits per heavy atom. The van der Waals surface area contributed by atoms with Crippen molar-refractivity contribution in [2.45, 2.75) is 31.8 Å². The third-order valence-electron chi connectivity index (χ3n) is 3.21. The molecule has 1 amide bonds. The minimum Gasteiger partial charge on any atom is -0.376 e. The fourth-order valence-corrected chi connectivity index (χ4v) is 2.21. The summed E-state index contributed by atoms with van der Waals surface area (Å²) in [6.07, 6.45) is 4.69. The number of carbonyl (C=O) groups is 1. The smallest absolute Gasteiger partial charge is 0.224 e. The van der Waals surface area contributed by atoms with E-state index < -0.39 is 0 Å². The molecule has 2 N–H and O–H groups in total. The van der Waals surface area contributed by atoms with Gasteiger partial charge in [0.05, 0.1) is 12.0 Å². The van der Waals surface area contributed by atoms with Crippen molar-refractivity contribution in [3.05, 3.63) is 0 Å². The zero-order valence-corrected chi connectivity index (χ0v) is 10.4. The normalized spacial score (nSPS) is 29.5. The molecule has 5 heteroatoms. The van der Waals surface area contributed by atoms with Crippen molar-refractivity contribution in [1.82, 2.24) is 10.6 Å². The summed E-state index contributed by atoms with van der Waals surface area (Å²) in [5.41, 5.74) is 0. The highest BCUT2D eigenvalue weighted by Crippen LogP contribution is 2.12. The van der Waals surface area contributed by atoms with Gasteiger partial charge in [-0.05, 0) is 32.2 Å². The molecule has 0 radical (unpaired) electrons. The Morgan fingerprint density at radius 1 is 1.38 bits per heavy atom. The number of hydrogen-bond acceptors (Lipinski definition) is 3. The average Bonchev–Trinajstić information content (AvgIpc) is 2.81. The lowest BCUT2D eigenvalue weighted by molar-refractivity contribution is -0.125. The van der Waals surface area contributed by atoms with Crippen LogP contribution in [0.15, 0.2) is 0 Å². The van der Waals surface area contributed by atoms with Crippen molar-refractivity contribution in [2.24, 2.45) is 5.92 Å². The van der Waals surface area contributed by atoms with Gasteiger partial charge in [0.2, 0.25) is 5.91 Å². The van der Waals surface area contributed by atoms with E-state index in [1.54, 1.807) is 0 Å². The second kappa shape index (κ2) is 7.09. The number of ether oxygens (including phenoxy) is 1. The van der Waals surface area contributed by atoms with Crippen LogP contribution in [-0.4, -0.2) is 38.3 Å². The topological polar surface area (TPSA) is 50.4 Å². The molecule has 0 aromatic carbocycles. The molecule has 2 unspecified atom stereocenters. The number of rotatable bonds is 3. The van der Waals surface area contributed by atoms with Crippen LogP contribution in [0.1, 0.15) is 25.7 Å². The lowest BCUT2D eigenvalue weighted by atomic mass is 10.1. The molecule has 94 valence electrons. The maximum Gasteiger partial charge on any atom is 0.224 e. The zero-order valence-electron chi connectivity index (χ0n) is 9.54. The standard InChI is InChI=1S/C11H20N2O2.ClH/c14-11(9-4-5-12-7-9)13-8-10-3-1-2-6-15-10;/h9-10,12H,1-8H2,(H,13,14);1H. The molecule has 2 rings (SSSR count). The molecule has 2 saturated heterocycles. The Hall–Kier alpha value is -0.320. The minimum absolute atomic E-state index is 0. The molecule has 0 spiro atoms. The predicted octanol–water partition coefficient (Wildman–Crippen LogP) is 0.703. The number of carbonyl (C=O) groups excluding carboxylic acids is 1. The van der Waals surface area contributed by atoms with E-state index in [1.807, 2.05) is 0 Å². The molecule has 2 heterocycles. The highest BCUT2D eigenvalue weighted by Gasteiger charge is 2.23. The molecule has 2 aliphatic rings. The molecule has 0 bridgehead atoms. The predicted molar refractivity (Wildman–Crippen MR) is 64.8 cm³/mol. The maximum absolute atomic E-state index is 11.7. The third-order valence-corrected chi connectivity index (χ3v) is 3.21. The highest BCUT2D eigenvalue weighted by atomic mass is 35.5. The number of hydrogen-bond donors (Lipinski definition) is 2. The van der Waals surface area contributed by atoms with Gasteiger partial charge in [-0.15, -0.1) is 12.4 Å². The van der Waals surface area contributed by atoms with Crippen LogP contribution >= 0.6 is 12.4 Å². The summed E-state index contributed by atoms with van der Waals surface area (Å²) in [5.74, 6) is 0.364. The van der Waals surface area contributed by atoms with Gasteiger partial charge in [0.15, 0.2) is 0 Å². The van der Waals surface area contributed by atoms with Crippen LogP contribution in [0.5, 0.6) is 0 Å². The fourth-order valence-electron chi connectivity index (χ4n) is 2.21. The van der Waals surface area contributed by atoms with Crippen LogP contribution < -0.4 is 10.6 Å². The monoisotopic (exact) mass is 248 g/mol. The second-order valence-corrected chi connectivity index (χ2v) is 4.42. The lowest BCUT2D eigenvalue weighted by Gasteiger charge is -2.23. The van der Waals surface area contributed by atoms with E-state index in [9.17, 15) is 4.79 Å². The van der Waals surface area contributed by atoms with E-state index in [0.29, 0.717) is 6.54 Å². The summed E-state index contributed by atoms with van der Waals surface area (Å²) in [5, 5.41) is 6.19. The van der Waals surface area contributed by atoms with Crippen molar-refractivity contribution >= 4 is 18.3 Å². The molecule has 4 nitrogen and oxygen atoms in total. The zero-order chi connectivity index (χ0) is 10.5. The Labute approximate surface area is 103 Å². The van der Waals surface area contributed by atoms with Gasteiger partial charge in [0.1, 0.15) is 0 Å². The van der Waals surface area contributed by atoms with Gasteiger partial charge in [0.25, 0.3) is 0 Å². The van der Waals surface area contributed by atoms with Gasteiger partial charge in [-0.1, -0.05) is 0 Å². The molecule has 16 heavy (non-hydrogen) atoms. The summed E-state index contributed by atoms with van der Waals surface area (Å²) in [4.78, 5) is 11.7. The SMILES string of the molecule is Cl.O=C(NCC1CCCCO1)C1CCNC1. The Balaban J connectivity index is 0.00000128. The van der Waals surface area contributed by atoms with E-state index in [2.05, 4.69) is 10.6 Å². The van der Waals surface area contributed by atoms with E-state index in [1.165, 1.54) is 6.42 Å². The Kier molecular flexibility index (Phi) is 6.09. The van der Waals surface area contributed by atoms with Gasteiger partial charge < -0.3 is 15.4 Å². The lowest BCUT2D eigenvalue weighted by Crippen LogP contribution is -2.39. The third kappa shape index (κ3) is 3.92. The van der Waals surface area contributed by atoms with Crippen LogP contribution in [0.25, 0.3) is 0 Å². The quantitative estimate of drug-likeness (QED) is 0.773. The van der Waals surface area contributed by atoms with E-state index >= 15 is 0 Å². The number of nitrogens with one attached hydrogen (secondary N) is 2. The van der Waals surface area contributed by atoms with Crippen molar-refractivity contribution in [3.8, 4) is 0 Å². The average molecular weight is 249 g/mol. The van der Waals surface area contributed by atoms with E-state index in [-0.39, 0.29) is 30.3 Å². The highest BCUT2D eigenvalue weighted by molar-refractivity contribution is 5.85. The summed E-state index contributed by atoms with van der Waals surface area (Å²) in [7, 11) is 0. The summed E-state index contributed by atoms with van der Waals surface area (Å²) < 4.78 is 5.56. The van der Waals surface area contributed by atoms with Gasteiger partial charge in [-0.2, -0.15) is 0 Å². The maximum atomic E-state index is 11.7. The van der Waals surface area contributed by atoms with E-state index in [0.717, 1.165) is 39.0 Å². The van der Waals surface area contributed by atoms with E-state index in [4.69, 9.17) is 4.74 Å². The molecule has 0 saturated carbocycles. The number of amides is 1. The van der Waals surface area contributed by atoms with Crippen LogP contribution in [-0.2, 0) is 9.53 Å². The molecule has 0 aliphatic carbocycles. The molecular weight excluding hydrogens is 228 g/mol. The Bertz CT molecular complexity index is 214. The van der Waals surface area contributed by atoms with Crippen molar-refractivity contribution in [3.63, 3.8) is 0 Å². The molecular formula is C11H21ClN2O2. The first kappa shape index (κ1) is 13.7. The second-order valence-electron chi connectivity index (χ2n) is 4.42. The van der Waals surface area contributed by atoms with Crippen LogP contribution in [0.3, 0.4) is 0 Å². The molecule has 0 aromatic rings. The molecule has 0 aromatic heterocycles. The van der Waals surface area contributed by atoms with Crippen molar-refractivity contribution < 1.29 is 9.53 Å². The summed E-state index contributed by atoms with van der Waals surface area (Å²) in [6.45, 7) is 3.34. The summed E-state index contributed by atoms with van der Waals surface area (Å²) >= 11 is 0. The largest absolute Gasteiger partial charge is 0.376 e. The summed E-state index contributed by atoms with van der Waals surface area (Å²) in [6, 6.07) is 0. The fraction of sp³-hybridized carbons (Fsp3) is 0.909. The first-order valence-electron chi connectivity index (χ1n) is 5.96. The van der Waals surface area contributed by atoms with Crippen LogP contribution in [0, 0.1) is 5.92 Å². The molecule has 2 fully saturated rings. The first-order chi connectivity index (χ1) is 7.36. The first-order valence-corrected chi connectivity index (χ1v) is 5.96. The van der Waals surface area contributed by atoms with Gasteiger partial charge in [0, 0.05) is 19.7 Å². The molecule has 2 aliphatic heterocycles. The minimum atomic E-state index is 0. The molecule has 2 atom stereocenters. The van der Waals surface area contributed by atoms with Gasteiger partial charge >= 0.3 is 0 Å².